The normalized spacial score (nSPS) is 19.1. The van der Waals surface area contributed by atoms with Crippen molar-refractivity contribution in [3.05, 3.63) is 65.2 Å². The highest BCUT2D eigenvalue weighted by Gasteiger charge is 2.39. The van der Waals surface area contributed by atoms with Crippen molar-refractivity contribution in [2.24, 2.45) is 0 Å². The summed E-state index contributed by atoms with van der Waals surface area (Å²) < 4.78 is 13.2. The fourth-order valence-electron chi connectivity index (χ4n) is 4.43. The fourth-order valence-corrected chi connectivity index (χ4v) is 4.55. The molecule has 36 heavy (non-hydrogen) atoms. The number of cyclic esters (lactones) is 1. The molecule has 11 heteroatoms. The third kappa shape index (κ3) is 5.29. The number of fused-ring (bicyclic) bond motifs is 1. The van der Waals surface area contributed by atoms with Crippen LogP contribution in [-0.4, -0.2) is 68.7 Å². The molecule has 0 aliphatic carbocycles. The Kier molecular flexibility index (Phi) is 7.06. The summed E-state index contributed by atoms with van der Waals surface area (Å²) in [5.41, 5.74) is 2.59. The molecule has 10 nitrogen and oxygen atoms in total. The van der Waals surface area contributed by atoms with Gasteiger partial charge in [0.05, 0.1) is 25.4 Å². The van der Waals surface area contributed by atoms with E-state index < -0.39 is 0 Å². The lowest BCUT2D eigenvalue weighted by atomic mass is 10.0. The van der Waals surface area contributed by atoms with E-state index in [-0.39, 0.29) is 36.4 Å². The summed E-state index contributed by atoms with van der Waals surface area (Å²) in [5.74, 6) is 0.177. The number of hydrogen-bond acceptors (Lipinski definition) is 7. The van der Waals surface area contributed by atoms with Crippen LogP contribution >= 0.6 is 11.6 Å². The summed E-state index contributed by atoms with van der Waals surface area (Å²) >= 11 is 5.93. The molecule has 2 amide bonds. The molecule has 4 heterocycles. The van der Waals surface area contributed by atoms with E-state index in [1.165, 1.54) is 0 Å². The number of benzene rings is 1. The third-order valence-electron chi connectivity index (χ3n) is 6.33. The minimum atomic E-state index is -0.332. The first-order chi connectivity index (χ1) is 17.5. The van der Waals surface area contributed by atoms with E-state index in [4.69, 9.17) is 21.1 Å². The first-order valence-corrected chi connectivity index (χ1v) is 12.1. The lowest BCUT2D eigenvalue weighted by molar-refractivity contribution is 0.0915. The molecule has 1 aromatic carbocycles. The summed E-state index contributed by atoms with van der Waals surface area (Å²) in [6.07, 6.45) is 5.92. The molecule has 2 aliphatic rings. The van der Waals surface area contributed by atoms with E-state index in [2.05, 4.69) is 15.4 Å². The summed E-state index contributed by atoms with van der Waals surface area (Å²) in [6, 6.07) is 8.86. The average Bonchev–Trinajstić information content (AvgIpc) is 3.50. The number of pyridine rings is 1. The summed E-state index contributed by atoms with van der Waals surface area (Å²) in [7, 11) is 0. The van der Waals surface area contributed by atoms with Crippen LogP contribution in [0.15, 0.2) is 48.9 Å². The molecular formula is C25H26ClN5O5. The van der Waals surface area contributed by atoms with Gasteiger partial charge in [-0.2, -0.15) is 5.10 Å². The molecule has 0 radical (unpaired) electrons. The lowest BCUT2D eigenvalue weighted by Crippen LogP contribution is -2.44. The molecule has 2 saturated heterocycles. The molecule has 2 aromatic heterocycles. The molecule has 2 N–H and O–H groups in total. The topological polar surface area (TPSA) is 119 Å². The zero-order chi connectivity index (χ0) is 25.1. The van der Waals surface area contributed by atoms with Crippen LogP contribution in [0.2, 0.25) is 5.02 Å². The molecule has 2 aliphatic heterocycles. The van der Waals surface area contributed by atoms with Crippen molar-refractivity contribution in [3.8, 4) is 16.9 Å². The Morgan fingerprint density at radius 3 is 2.92 bits per heavy atom. The third-order valence-corrected chi connectivity index (χ3v) is 6.59. The number of hydrogen-bond donors (Lipinski definition) is 2. The number of rotatable bonds is 8. The summed E-state index contributed by atoms with van der Waals surface area (Å²) in [4.78, 5) is 30.9. The van der Waals surface area contributed by atoms with Crippen molar-refractivity contribution in [2.75, 3.05) is 19.8 Å². The number of piperidine rings is 1. The van der Waals surface area contributed by atoms with Gasteiger partial charge in [0.1, 0.15) is 24.2 Å². The molecular weight excluding hydrogens is 486 g/mol. The van der Waals surface area contributed by atoms with Crippen LogP contribution in [0.4, 0.5) is 4.79 Å². The number of amides is 2. The number of aromatic nitrogens is 3. The summed E-state index contributed by atoms with van der Waals surface area (Å²) in [6.45, 7) is 1.57. The van der Waals surface area contributed by atoms with E-state index in [0.29, 0.717) is 55.4 Å². The van der Waals surface area contributed by atoms with Crippen LogP contribution in [0, 0.1) is 0 Å². The van der Waals surface area contributed by atoms with Crippen molar-refractivity contribution < 1.29 is 24.2 Å². The Morgan fingerprint density at radius 2 is 2.11 bits per heavy atom. The van der Waals surface area contributed by atoms with Crippen LogP contribution in [0.3, 0.4) is 0 Å². The van der Waals surface area contributed by atoms with Gasteiger partial charge in [0.25, 0.3) is 5.91 Å². The lowest BCUT2D eigenvalue weighted by Gasteiger charge is -2.32. The number of halogens is 1. The first-order valence-electron chi connectivity index (χ1n) is 11.8. The van der Waals surface area contributed by atoms with Crippen LogP contribution in [0.25, 0.3) is 11.1 Å². The molecule has 188 valence electrons. The number of carbonyl (C=O) groups excluding carboxylic acids is 2. The van der Waals surface area contributed by atoms with Gasteiger partial charge in [-0.1, -0.05) is 23.7 Å². The maximum atomic E-state index is 12.9. The largest absolute Gasteiger partial charge is 0.489 e. The Bertz CT molecular complexity index is 1250. The van der Waals surface area contributed by atoms with Gasteiger partial charge in [-0.25, -0.2) is 4.79 Å². The fraction of sp³-hybridized carbons (Fsp3) is 0.360. The van der Waals surface area contributed by atoms with Crippen LogP contribution in [0.1, 0.15) is 28.9 Å². The number of carbonyl (C=O) groups is 2. The zero-order valence-electron chi connectivity index (χ0n) is 19.5. The summed E-state index contributed by atoms with van der Waals surface area (Å²) in [5, 5.41) is 17.0. The van der Waals surface area contributed by atoms with Crippen LogP contribution in [0.5, 0.6) is 5.75 Å². The van der Waals surface area contributed by atoms with E-state index in [9.17, 15) is 14.7 Å². The molecule has 0 unspecified atom stereocenters. The molecule has 2 atom stereocenters. The van der Waals surface area contributed by atoms with Crippen LogP contribution < -0.4 is 10.1 Å². The molecule has 0 spiro atoms. The van der Waals surface area contributed by atoms with E-state index in [1.807, 2.05) is 12.1 Å². The average molecular weight is 512 g/mol. The second kappa shape index (κ2) is 10.5. The predicted molar refractivity (Wildman–Crippen MR) is 131 cm³/mol. The van der Waals surface area contributed by atoms with Crippen molar-refractivity contribution in [2.45, 2.75) is 38.1 Å². The highest BCUT2D eigenvalue weighted by Crippen LogP contribution is 2.33. The monoisotopic (exact) mass is 511 g/mol. The van der Waals surface area contributed by atoms with Gasteiger partial charge in [0, 0.05) is 60.5 Å². The van der Waals surface area contributed by atoms with Gasteiger partial charge in [-0.05, 0) is 17.7 Å². The van der Waals surface area contributed by atoms with Crippen molar-refractivity contribution in [1.82, 2.24) is 25.0 Å². The quantitative estimate of drug-likeness (QED) is 0.477. The minimum Gasteiger partial charge on any atom is -0.489 e. The van der Waals surface area contributed by atoms with E-state index in [0.717, 1.165) is 11.1 Å². The standard InChI is InChI=1S/C25H26ClN5O5/c26-18-3-1-16(2-4-18)11-28-24(33)22-10-23(21(13-27-22)17-12-29-30(14-17)7-8-32)36-20-5-6-31-19(9-20)15-35-25(31)34/h1-4,10,12-14,19-20,32H,5-9,11,15H2,(H,28,33)/t19-,20-/m0/s1. The first kappa shape index (κ1) is 24.1. The zero-order valence-corrected chi connectivity index (χ0v) is 20.2. The van der Waals surface area contributed by atoms with E-state index in [1.54, 1.807) is 46.4 Å². The highest BCUT2D eigenvalue weighted by molar-refractivity contribution is 6.30. The molecule has 0 bridgehead atoms. The predicted octanol–water partition coefficient (Wildman–Crippen LogP) is 2.88. The number of ether oxygens (including phenoxy) is 2. The Labute approximate surface area is 212 Å². The number of aliphatic hydroxyl groups is 1. The van der Waals surface area contributed by atoms with Gasteiger partial charge in [0.2, 0.25) is 0 Å². The second-order valence-electron chi connectivity index (χ2n) is 8.78. The van der Waals surface area contributed by atoms with Gasteiger partial charge in [-0.15, -0.1) is 0 Å². The van der Waals surface area contributed by atoms with Crippen molar-refractivity contribution >= 4 is 23.6 Å². The number of nitrogens with zero attached hydrogens (tertiary/aromatic N) is 4. The van der Waals surface area contributed by atoms with Gasteiger partial charge in [0.15, 0.2) is 0 Å². The molecule has 0 saturated carbocycles. The maximum absolute atomic E-state index is 12.9. The Hall–Kier alpha value is -3.63. The number of nitrogens with one attached hydrogen (secondary N) is 1. The highest BCUT2D eigenvalue weighted by atomic mass is 35.5. The van der Waals surface area contributed by atoms with Crippen molar-refractivity contribution in [1.29, 1.82) is 0 Å². The minimum absolute atomic E-state index is 0.0176. The number of aliphatic hydroxyl groups excluding tert-OH is 1. The van der Waals surface area contributed by atoms with E-state index >= 15 is 0 Å². The Morgan fingerprint density at radius 1 is 1.28 bits per heavy atom. The molecule has 5 rings (SSSR count). The van der Waals surface area contributed by atoms with Crippen LogP contribution in [-0.2, 0) is 17.8 Å². The second-order valence-corrected chi connectivity index (χ2v) is 9.22. The van der Waals surface area contributed by atoms with Gasteiger partial charge >= 0.3 is 6.09 Å². The molecule has 3 aromatic rings. The van der Waals surface area contributed by atoms with Crippen molar-refractivity contribution in [3.63, 3.8) is 0 Å². The Balaban J connectivity index is 1.36. The smallest absolute Gasteiger partial charge is 0.410 e. The van der Waals surface area contributed by atoms with Gasteiger partial charge in [-0.3, -0.25) is 14.5 Å². The maximum Gasteiger partial charge on any atom is 0.410 e. The molecule has 2 fully saturated rings. The van der Waals surface area contributed by atoms with Gasteiger partial charge < -0.3 is 24.8 Å². The SMILES string of the molecule is O=C(NCc1ccc(Cl)cc1)c1cc(O[C@H]2CCN3C(=O)OC[C@@H]3C2)c(-c2cnn(CCO)c2)cn1.